The first kappa shape index (κ1) is 20.9. The fraction of sp³-hybridized carbons (Fsp3) is 0.286. The Kier molecular flexibility index (Phi) is 7.26. The van der Waals surface area contributed by atoms with E-state index < -0.39 is 0 Å². The lowest BCUT2D eigenvalue weighted by molar-refractivity contribution is -0.118. The lowest BCUT2D eigenvalue weighted by Gasteiger charge is -2.13. The zero-order valence-corrected chi connectivity index (χ0v) is 17.2. The van der Waals surface area contributed by atoms with Crippen LogP contribution in [0, 0.1) is 0 Å². The Morgan fingerprint density at radius 1 is 1.14 bits per heavy atom. The van der Waals surface area contributed by atoms with E-state index in [1.807, 2.05) is 36.4 Å². The lowest BCUT2D eigenvalue weighted by Crippen LogP contribution is -2.27. The Bertz CT molecular complexity index is 1050. The number of ether oxygens (including phenoxy) is 2. The summed E-state index contributed by atoms with van der Waals surface area (Å²) in [5.41, 5.74) is 1.38. The molecule has 3 rings (SSSR count). The summed E-state index contributed by atoms with van der Waals surface area (Å²) in [5.74, 6) is 0.721. The highest BCUT2D eigenvalue weighted by Crippen LogP contribution is 2.19. The predicted molar refractivity (Wildman–Crippen MR) is 113 cm³/mol. The molecule has 0 radical (unpaired) electrons. The molecule has 0 saturated heterocycles. The van der Waals surface area contributed by atoms with Crippen LogP contribution in [0.4, 0.5) is 0 Å². The van der Waals surface area contributed by atoms with Crippen LogP contribution in [0.5, 0.6) is 5.75 Å². The van der Waals surface area contributed by atoms with Crippen LogP contribution in [-0.4, -0.2) is 42.0 Å². The predicted octanol–water partition coefficient (Wildman–Crippen LogP) is 2.46. The maximum absolute atomic E-state index is 12.8. The Morgan fingerprint density at radius 2 is 1.90 bits per heavy atom. The van der Waals surface area contributed by atoms with E-state index in [0.29, 0.717) is 35.8 Å². The fourth-order valence-electron chi connectivity index (χ4n) is 2.86. The molecule has 1 N–H and O–H groups in total. The van der Waals surface area contributed by atoms with E-state index in [1.165, 1.54) is 11.8 Å². The molecule has 1 aromatic heterocycles. The number of aromatic nitrogens is 2. The van der Waals surface area contributed by atoms with Gasteiger partial charge in [-0.3, -0.25) is 14.2 Å². The molecule has 3 aromatic rings. The number of hydrogen-bond acceptors (Lipinski definition) is 6. The van der Waals surface area contributed by atoms with Crippen LogP contribution in [0.3, 0.4) is 0 Å². The number of para-hydroxylation sites is 2. The molecule has 2 aromatic carbocycles. The van der Waals surface area contributed by atoms with Gasteiger partial charge in [-0.2, -0.15) is 0 Å². The summed E-state index contributed by atoms with van der Waals surface area (Å²) < 4.78 is 12.0. The number of nitrogens with zero attached hydrogens (tertiary/aromatic N) is 2. The summed E-state index contributed by atoms with van der Waals surface area (Å²) in [6.45, 7) is 1.12. The van der Waals surface area contributed by atoms with Crippen LogP contribution >= 0.6 is 11.8 Å². The minimum Gasteiger partial charge on any atom is -0.496 e. The molecule has 8 heteroatoms. The monoisotopic (exact) mass is 413 g/mol. The Balaban J connectivity index is 1.72. The van der Waals surface area contributed by atoms with Crippen LogP contribution in [0.2, 0.25) is 0 Å². The van der Waals surface area contributed by atoms with E-state index in [-0.39, 0.29) is 17.2 Å². The number of nitrogens with one attached hydrogen (secondary N) is 1. The van der Waals surface area contributed by atoms with Crippen molar-refractivity contribution >= 4 is 28.6 Å². The topological polar surface area (TPSA) is 82.4 Å². The van der Waals surface area contributed by atoms with Crippen LogP contribution < -0.4 is 15.6 Å². The molecule has 0 spiro atoms. The summed E-state index contributed by atoms with van der Waals surface area (Å²) in [4.78, 5) is 29.7. The number of amides is 1. The van der Waals surface area contributed by atoms with Crippen LogP contribution in [-0.2, 0) is 22.6 Å². The molecule has 0 aliphatic rings. The van der Waals surface area contributed by atoms with Gasteiger partial charge in [-0.05, 0) is 18.2 Å². The average molecular weight is 413 g/mol. The smallest absolute Gasteiger partial charge is 0.262 e. The van der Waals surface area contributed by atoms with Gasteiger partial charge in [0.15, 0.2) is 5.16 Å². The molecule has 0 bridgehead atoms. The minimum absolute atomic E-state index is 0.135. The second kappa shape index (κ2) is 10.1. The zero-order valence-electron chi connectivity index (χ0n) is 16.4. The summed E-state index contributed by atoms with van der Waals surface area (Å²) in [5, 5.41) is 3.93. The van der Waals surface area contributed by atoms with Crippen LogP contribution in [0.25, 0.3) is 10.9 Å². The van der Waals surface area contributed by atoms with Crippen molar-refractivity contribution in [2.24, 2.45) is 0 Å². The molecular weight excluding hydrogens is 390 g/mol. The van der Waals surface area contributed by atoms with E-state index in [2.05, 4.69) is 10.3 Å². The van der Waals surface area contributed by atoms with Gasteiger partial charge >= 0.3 is 0 Å². The summed E-state index contributed by atoms with van der Waals surface area (Å²) in [7, 11) is 3.18. The summed E-state index contributed by atoms with van der Waals surface area (Å²) in [6, 6.07) is 14.7. The molecule has 0 aliphatic heterocycles. The average Bonchev–Trinajstić information content (AvgIpc) is 2.76. The second-order valence-electron chi connectivity index (χ2n) is 6.24. The highest BCUT2D eigenvalue weighted by molar-refractivity contribution is 7.99. The van der Waals surface area contributed by atoms with Gasteiger partial charge in [0.05, 0.1) is 36.9 Å². The molecule has 1 heterocycles. The Morgan fingerprint density at radius 3 is 2.69 bits per heavy atom. The number of methoxy groups -OCH3 is 2. The number of carbonyl (C=O) groups excluding carboxylic acids is 1. The molecule has 0 atom stereocenters. The maximum Gasteiger partial charge on any atom is 0.262 e. The van der Waals surface area contributed by atoms with Crippen molar-refractivity contribution < 1.29 is 14.3 Å². The first-order chi connectivity index (χ1) is 14.1. The van der Waals surface area contributed by atoms with Crippen molar-refractivity contribution in [3.05, 3.63) is 64.4 Å². The Labute approximate surface area is 173 Å². The first-order valence-electron chi connectivity index (χ1n) is 9.14. The molecule has 0 aliphatic carbocycles. The van der Waals surface area contributed by atoms with Gasteiger partial charge in [0, 0.05) is 19.2 Å². The highest BCUT2D eigenvalue weighted by Gasteiger charge is 2.13. The van der Waals surface area contributed by atoms with Crippen molar-refractivity contribution in [2.75, 3.05) is 26.6 Å². The van der Waals surface area contributed by atoms with Crippen molar-refractivity contribution in [3.63, 3.8) is 0 Å². The fourth-order valence-corrected chi connectivity index (χ4v) is 3.72. The number of hydrogen-bond donors (Lipinski definition) is 1. The van der Waals surface area contributed by atoms with Crippen LogP contribution in [0.15, 0.2) is 58.5 Å². The second-order valence-corrected chi connectivity index (χ2v) is 7.18. The SMILES string of the molecule is COCCn1c(SCC(=O)NCc2ccccc2OC)nc2ccccc2c1=O. The largest absolute Gasteiger partial charge is 0.496 e. The number of thioether (sulfide) groups is 1. The standard InChI is InChI=1S/C21H23N3O4S/c1-27-12-11-24-20(26)16-8-4-5-9-17(16)23-21(24)29-14-19(25)22-13-15-7-3-6-10-18(15)28-2/h3-10H,11-14H2,1-2H3,(H,22,25). The van der Waals surface area contributed by atoms with Gasteiger partial charge in [-0.15, -0.1) is 0 Å². The maximum atomic E-state index is 12.8. The van der Waals surface area contributed by atoms with E-state index in [9.17, 15) is 9.59 Å². The number of rotatable bonds is 9. The third-order valence-corrected chi connectivity index (χ3v) is 5.32. The highest BCUT2D eigenvalue weighted by atomic mass is 32.2. The molecule has 29 heavy (non-hydrogen) atoms. The van der Waals surface area contributed by atoms with E-state index >= 15 is 0 Å². The van der Waals surface area contributed by atoms with Gasteiger partial charge in [-0.25, -0.2) is 4.98 Å². The molecule has 1 amide bonds. The third-order valence-electron chi connectivity index (χ3n) is 4.35. The molecule has 0 saturated carbocycles. The van der Waals surface area contributed by atoms with E-state index in [1.54, 1.807) is 30.9 Å². The molecule has 0 unspecified atom stereocenters. The van der Waals surface area contributed by atoms with Gasteiger partial charge in [0.2, 0.25) is 5.91 Å². The molecule has 7 nitrogen and oxygen atoms in total. The van der Waals surface area contributed by atoms with Gasteiger partial charge < -0.3 is 14.8 Å². The van der Waals surface area contributed by atoms with Gasteiger partial charge in [0.1, 0.15) is 5.75 Å². The summed E-state index contributed by atoms with van der Waals surface area (Å²) >= 11 is 1.23. The number of benzene rings is 2. The van der Waals surface area contributed by atoms with Crippen molar-refractivity contribution in [3.8, 4) is 5.75 Å². The van der Waals surface area contributed by atoms with Crippen molar-refractivity contribution in [1.29, 1.82) is 0 Å². The minimum atomic E-state index is -0.151. The van der Waals surface area contributed by atoms with Gasteiger partial charge in [-0.1, -0.05) is 42.1 Å². The molecule has 0 fully saturated rings. The lowest BCUT2D eigenvalue weighted by atomic mass is 10.2. The summed E-state index contributed by atoms with van der Waals surface area (Å²) in [6.07, 6.45) is 0. The molecule has 152 valence electrons. The van der Waals surface area contributed by atoms with Gasteiger partial charge in [0.25, 0.3) is 5.56 Å². The van der Waals surface area contributed by atoms with E-state index in [4.69, 9.17) is 9.47 Å². The first-order valence-corrected chi connectivity index (χ1v) is 10.1. The van der Waals surface area contributed by atoms with E-state index in [0.717, 1.165) is 11.3 Å². The zero-order chi connectivity index (χ0) is 20.6. The molecular formula is C21H23N3O4S. The van der Waals surface area contributed by atoms with Crippen molar-refractivity contribution in [1.82, 2.24) is 14.9 Å². The Hall–Kier alpha value is -2.84. The number of fused-ring (bicyclic) bond motifs is 1. The quantitative estimate of drug-likeness (QED) is 0.429. The third kappa shape index (κ3) is 5.16. The van der Waals surface area contributed by atoms with Crippen LogP contribution in [0.1, 0.15) is 5.56 Å². The van der Waals surface area contributed by atoms with Crippen molar-refractivity contribution in [2.45, 2.75) is 18.2 Å². The number of carbonyl (C=O) groups is 1. The normalized spacial score (nSPS) is 10.8.